The molecule has 3 rings (SSSR count). The molecular weight excluding hydrogens is 378 g/mol. The molecule has 0 radical (unpaired) electrons. The number of nitro benzene ring substituents is 1. The highest BCUT2D eigenvalue weighted by Gasteiger charge is 2.20. The molecule has 0 spiro atoms. The van der Waals surface area contributed by atoms with E-state index in [1.165, 1.54) is 17.8 Å². The summed E-state index contributed by atoms with van der Waals surface area (Å²) in [6, 6.07) is 6.07. The summed E-state index contributed by atoms with van der Waals surface area (Å²) in [5.41, 5.74) is 2.89. The van der Waals surface area contributed by atoms with Crippen molar-refractivity contribution >= 4 is 17.4 Å². The fraction of sp³-hybridized carbons (Fsp3) is 0.421. The van der Waals surface area contributed by atoms with E-state index < -0.39 is 4.92 Å². The average molecular weight is 401 g/mol. The molecular formula is C19H23N5O3S. The lowest BCUT2D eigenvalue weighted by Gasteiger charge is -2.11. The number of aromatic nitrogens is 4. The van der Waals surface area contributed by atoms with Crippen molar-refractivity contribution in [1.82, 2.24) is 19.7 Å². The highest BCUT2D eigenvalue weighted by Crippen LogP contribution is 2.35. The van der Waals surface area contributed by atoms with E-state index in [0.717, 1.165) is 30.2 Å². The lowest BCUT2D eigenvalue weighted by molar-refractivity contribution is -0.384. The Hall–Kier alpha value is -2.68. The van der Waals surface area contributed by atoms with E-state index in [1.807, 2.05) is 13.8 Å². The summed E-state index contributed by atoms with van der Waals surface area (Å²) in [5.74, 6) is 0.845. The summed E-state index contributed by atoms with van der Waals surface area (Å²) in [5, 5.41) is 19.9. The Morgan fingerprint density at radius 1 is 1.25 bits per heavy atom. The molecule has 0 saturated heterocycles. The van der Waals surface area contributed by atoms with Crippen LogP contribution in [0.1, 0.15) is 49.2 Å². The van der Waals surface area contributed by atoms with Crippen molar-refractivity contribution in [3.63, 3.8) is 0 Å². The SMILES string of the molecule is CCCCn1c(SC(C)c2nnc(-c3ccc([N+](=O)[O-])cc3)o2)nc(C)c1C. The van der Waals surface area contributed by atoms with Crippen molar-refractivity contribution in [2.75, 3.05) is 0 Å². The first-order valence-electron chi connectivity index (χ1n) is 9.19. The van der Waals surface area contributed by atoms with Gasteiger partial charge in [-0.15, -0.1) is 10.2 Å². The van der Waals surface area contributed by atoms with Gasteiger partial charge in [-0.3, -0.25) is 10.1 Å². The Balaban J connectivity index is 1.77. The minimum absolute atomic E-state index is 0.0251. The van der Waals surface area contributed by atoms with Crippen LogP contribution in [0.5, 0.6) is 0 Å². The van der Waals surface area contributed by atoms with Gasteiger partial charge in [-0.2, -0.15) is 0 Å². The summed E-state index contributed by atoms with van der Waals surface area (Å²) < 4.78 is 8.06. The maximum atomic E-state index is 10.8. The molecule has 0 fully saturated rings. The molecule has 9 heteroatoms. The zero-order chi connectivity index (χ0) is 20.3. The summed E-state index contributed by atoms with van der Waals surface area (Å²) in [4.78, 5) is 15.0. The number of nitro groups is 1. The van der Waals surface area contributed by atoms with E-state index in [-0.39, 0.29) is 10.9 Å². The van der Waals surface area contributed by atoms with Gasteiger partial charge in [0.1, 0.15) is 0 Å². The lowest BCUT2D eigenvalue weighted by Crippen LogP contribution is -2.03. The van der Waals surface area contributed by atoms with Crippen LogP contribution in [-0.4, -0.2) is 24.7 Å². The highest BCUT2D eigenvalue weighted by molar-refractivity contribution is 7.99. The van der Waals surface area contributed by atoms with Crippen molar-refractivity contribution < 1.29 is 9.34 Å². The fourth-order valence-electron chi connectivity index (χ4n) is 2.74. The molecule has 1 aromatic carbocycles. The topological polar surface area (TPSA) is 99.9 Å². The minimum Gasteiger partial charge on any atom is -0.419 e. The third kappa shape index (κ3) is 4.24. The number of nitrogens with zero attached hydrogens (tertiary/aromatic N) is 5. The van der Waals surface area contributed by atoms with Gasteiger partial charge >= 0.3 is 0 Å². The Morgan fingerprint density at radius 3 is 2.61 bits per heavy atom. The van der Waals surface area contributed by atoms with Gasteiger partial charge in [0.15, 0.2) is 5.16 Å². The molecule has 1 atom stereocenters. The molecule has 0 aliphatic rings. The first-order chi connectivity index (χ1) is 13.4. The van der Waals surface area contributed by atoms with Crippen LogP contribution in [0.3, 0.4) is 0 Å². The summed E-state index contributed by atoms with van der Waals surface area (Å²) in [6.07, 6.45) is 2.22. The summed E-state index contributed by atoms with van der Waals surface area (Å²) in [6.45, 7) is 9.22. The molecule has 148 valence electrons. The number of imidazole rings is 1. The van der Waals surface area contributed by atoms with Crippen LogP contribution in [0.25, 0.3) is 11.5 Å². The number of benzene rings is 1. The van der Waals surface area contributed by atoms with Crippen LogP contribution in [0.15, 0.2) is 33.8 Å². The Labute approximate surface area is 167 Å². The normalized spacial score (nSPS) is 12.3. The van der Waals surface area contributed by atoms with Gasteiger partial charge in [-0.1, -0.05) is 25.1 Å². The van der Waals surface area contributed by atoms with E-state index in [1.54, 1.807) is 23.9 Å². The number of unbranched alkanes of at least 4 members (excludes halogenated alkanes) is 1. The van der Waals surface area contributed by atoms with Gasteiger partial charge in [0.05, 0.1) is 15.9 Å². The van der Waals surface area contributed by atoms with Crippen LogP contribution in [0.4, 0.5) is 5.69 Å². The fourth-order valence-corrected chi connectivity index (χ4v) is 3.80. The maximum absolute atomic E-state index is 10.8. The second-order valence-corrected chi connectivity index (χ2v) is 7.89. The molecule has 8 nitrogen and oxygen atoms in total. The van der Waals surface area contributed by atoms with Crippen LogP contribution in [-0.2, 0) is 6.54 Å². The van der Waals surface area contributed by atoms with Gasteiger partial charge in [0.25, 0.3) is 5.69 Å². The lowest BCUT2D eigenvalue weighted by atomic mass is 10.2. The quantitative estimate of drug-likeness (QED) is 0.294. The Kier molecular flexibility index (Phi) is 6.13. The molecule has 2 aromatic heterocycles. The first kappa shape index (κ1) is 20.1. The molecule has 28 heavy (non-hydrogen) atoms. The second-order valence-electron chi connectivity index (χ2n) is 6.58. The van der Waals surface area contributed by atoms with Gasteiger partial charge < -0.3 is 8.98 Å². The Morgan fingerprint density at radius 2 is 1.96 bits per heavy atom. The zero-order valence-electron chi connectivity index (χ0n) is 16.4. The van der Waals surface area contributed by atoms with Crippen molar-refractivity contribution in [2.24, 2.45) is 0 Å². The monoisotopic (exact) mass is 401 g/mol. The van der Waals surface area contributed by atoms with Gasteiger partial charge in [-0.25, -0.2) is 4.98 Å². The summed E-state index contributed by atoms with van der Waals surface area (Å²) >= 11 is 1.59. The number of rotatable bonds is 8. The third-order valence-corrected chi connectivity index (χ3v) is 5.63. The van der Waals surface area contributed by atoms with Gasteiger partial charge in [0, 0.05) is 29.9 Å². The average Bonchev–Trinajstić information content (AvgIpc) is 3.27. The Bertz CT molecular complexity index is 965. The van der Waals surface area contributed by atoms with Crippen LogP contribution < -0.4 is 0 Å². The van der Waals surface area contributed by atoms with E-state index in [2.05, 4.69) is 28.6 Å². The molecule has 3 aromatic rings. The molecule has 0 saturated carbocycles. The van der Waals surface area contributed by atoms with E-state index in [9.17, 15) is 10.1 Å². The standard InChI is InChI=1S/C19H23N5O3S/c1-5-6-11-23-13(3)12(2)20-19(23)28-14(4)17-21-22-18(27-17)15-7-9-16(10-8-15)24(25)26/h7-10,14H,5-6,11H2,1-4H3. The number of hydrogen-bond donors (Lipinski definition) is 0. The van der Waals surface area contributed by atoms with E-state index in [0.29, 0.717) is 17.3 Å². The maximum Gasteiger partial charge on any atom is 0.269 e. The smallest absolute Gasteiger partial charge is 0.269 e. The number of hydrogen-bond acceptors (Lipinski definition) is 7. The summed E-state index contributed by atoms with van der Waals surface area (Å²) in [7, 11) is 0. The molecule has 2 heterocycles. The number of non-ortho nitro benzene ring substituents is 1. The predicted octanol–water partition coefficient (Wildman–Crippen LogP) is 5.11. The van der Waals surface area contributed by atoms with Gasteiger partial charge in [0.2, 0.25) is 11.8 Å². The predicted molar refractivity (Wildman–Crippen MR) is 107 cm³/mol. The van der Waals surface area contributed by atoms with Crippen LogP contribution >= 0.6 is 11.8 Å². The van der Waals surface area contributed by atoms with Crippen molar-refractivity contribution in [2.45, 2.75) is 57.5 Å². The number of thioether (sulfide) groups is 1. The number of aryl methyl sites for hydroxylation is 1. The molecule has 0 bridgehead atoms. The van der Waals surface area contributed by atoms with Crippen LogP contribution in [0.2, 0.25) is 0 Å². The molecule has 1 unspecified atom stereocenters. The van der Waals surface area contributed by atoms with Gasteiger partial charge in [-0.05, 0) is 39.3 Å². The van der Waals surface area contributed by atoms with Crippen LogP contribution in [0, 0.1) is 24.0 Å². The molecule has 0 N–H and O–H groups in total. The molecule has 0 amide bonds. The highest BCUT2D eigenvalue weighted by atomic mass is 32.2. The minimum atomic E-state index is -0.438. The molecule has 0 aliphatic carbocycles. The van der Waals surface area contributed by atoms with E-state index in [4.69, 9.17) is 9.40 Å². The molecule has 0 aliphatic heterocycles. The van der Waals surface area contributed by atoms with E-state index >= 15 is 0 Å². The first-order valence-corrected chi connectivity index (χ1v) is 10.1. The van der Waals surface area contributed by atoms with Crippen molar-refractivity contribution in [3.8, 4) is 11.5 Å². The van der Waals surface area contributed by atoms with Crippen molar-refractivity contribution in [3.05, 3.63) is 51.7 Å². The van der Waals surface area contributed by atoms with Crippen molar-refractivity contribution in [1.29, 1.82) is 0 Å². The zero-order valence-corrected chi connectivity index (χ0v) is 17.2. The third-order valence-electron chi connectivity index (χ3n) is 4.55. The second kappa shape index (κ2) is 8.55. The largest absolute Gasteiger partial charge is 0.419 e.